The zero-order valence-corrected chi connectivity index (χ0v) is 14.3. The Hall–Kier alpha value is -1.47. The highest BCUT2D eigenvalue weighted by molar-refractivity contribution is 7.71. The summed E-state index contributed by atoms with van der Waals surface area (Å²) in [7, 11) is 1.97. The minimum absolute atomic E-state index is 0.106. The number of rotatable bonds is 4. The van der Waals surface area contributed by atoms with Gasteiger partial charge in [0.15, 0.2) is 10.4 Å². The van der Waals surface area contributed by atoms with Crippen molar-refractivity contribution in [2.24, 2.45) is 7.05 Å². The Balaban J connectivity index is 2.18. The van der Waals surface area contributed by atoms with Crippen molar-refractivity contribution in [3.63, 3.8) is 0 Å². The van der Waals surface area contributed by atoms with E-state index in [-0.39, 0.29) is 6.04 Å². The maximum Gasteiger partial charge on any atom is 0.179 e. The molecular weight excluding hydrogens is 302 g/mol. The number of hydrogen-bond donors (Lipinski definition) is 1. The fraction of sp³-hybridized carbons (Fsp3) is 0.500. The molecule has 0 aliphatic carbocycles. The molecule has 7 heteroatoms. The van der Waals surface area contributed by atoms with Gasteiger partial charge >= 0.3 is 0 Å². The summed E-state index contributed by atoms with van der Waals surface area (Å²) in [5, 5.41) is 7.77. The number of imidazole rings is 1. The average Bonchev–Trinajstić information content (AvgIpc) is 3.07. The second-order valence-corrected chi connectivity index (χ2v) is 6.60. The summed E-state index contributed by atoms with van der Waals surface area (Å²) < 4.78 is 4.77. The molecule has 0 spiro atoms. The number of aromatic amines is 1. The van der Waals surface area contributed by atoms with E-state index in [9.17, 15) is 0 Å². The van der Waals surface area contributed by atoms with Crippen LogP contribution < -0.4 is 0 Å². The molecule has 3 heterocycles. The van der Waals surface area contributed by atoms with E-state index in [0.717, 1.165) is 45.2 Å². The van der Waals surface area contributed by atoms with Gasteiger partial charge in [0.05, 0.1) is 11.7 Å². The Kier molecular flexibility index (Phi) is 3.71. The van der Waals surface area contributed by atoms with E-state index < -0.39 is 0 Å². The number of H-pyrrole nitrogens is 1. The minimum atomic E-state index is 0.106. The fourth-order valence-electron chi connectivity index (χ4n) is 2.68. The van der Waals surface area contributed by atoms with Crippen molar-refractivity contribution in [3.8, 4) is 0 Å². The number of hydrogen-bond acceptors (Lipinski definition) is 4. The van der Waals surface area contributed by atoms with Gasteiger partial charge in [0.1, 0.15) is 10.5 Å². The molecule has 21 heavy (non-hydrogen) atoms. The van der Waals surface area contributed by atoms with Crippen LogP contribution in [0.3, 0.4) is 0 Å². The summed E-state index contributed by atoms with van der Waals surface area (Å²) in [5.41, 5.74) is 4.24. The van der Waals surface area contributed by atoms with Crippen LogP contribution in [0, 0.1) is 11.7 Å². The van der Waals surface area contributed by atoms with Gasteiger partial charge in [-0.3, -0.25) is 9.25 Å². The van der Waals surface area contributed by atoms with Gasteiger partial charge < -0.3 is 4.98 Å². The maximum atomic E-state index is 5.54. The standard InChI is InChI=1S/C14H19N5S2/c1-5-6-10-11-13(18(4)17-10)19(14(20)16-11)9(3)12-15-8(2)7-21-12/h7,9H,5-6H2,1-4H3,(H,16,20). The lowest BCUT2D eigenvalue weighted by Crippen LogP contribution is -2.09. The van der Waals surface area contributed by atoms with E-state index in [4.69, 9.17) is 12.2 Å². The molecule has 0 radical (unpaired) electrons. The first-order valence-electron chi connectivity index (χ1n) is 7.11. The van der Waals surface area contributed by atoms with Gasteiger partial charge in [-0.1, -0.05) is 13.3 Å². The molecule has 3 aromatic rings. The molecule has 5 nitrogen and oxygen atoms in total. The van der Waals surface area contributed by atoms with Gasteiger partial charge in [-0.15, -0.1) is 11.3 Å². The van der Waals surface area contributed by atoms with Crippen LogP contribution in [0.15, 0.2) is 5.38 Å². The van der Waals surface area contributed by atoms with Crippen LogP contribution in [0.4, 0.5) is 0 Å². The van der Waals surface area contributed by atoms with Crippen LogP contribution in [-0.4, -0.2) is 24.3 Å². The average molecular weight is 321 g/mol. The van der Waals surface area contributed by atoms with E-state index in [2.05, 4.69) is 38.9 Å². The molecule has 0 fully saturated rings. The van der Waals surface area contributed by atoms with Crippen LogP contribution in [0.1, 0.15) is 42.7 Å². The van der Waals surface area contributed by atoms with Crippen molar-refractivity contribution in [1.82, 2.24) is 24.3 Å². The SMILES string of the molecule is CCCc1nn(C)c2c1[nH]c(=S)n2C(C)c1nc(C)cs1. The van der Waals surface area contributed by atoms with Gasteiger partial charge in [0.25, 0.3) is 0 Å². The third-order valence-electron chi connectivity index (χ3n) is 3.64. The second kappa shape index (κ2) is 5.38. The molecule has 112 valence electrons. The molecule has 1 N–H and O–H groups in total. The molecule has 0 bridgehead atoms. The Morgan fingerprint density at radius 2 is 2.24 bits per heavy atom. The largest absolute Gasteiger partial charge is 0.328 e. The number of thiazole rings is 1. The highest BCUT2D eigenvalue weighted by atomic mass is 32.1. The van der Waals surface area contributed by atoms with Gasteiger partial charge in [-0.25, -0.2) is 4.98 Å². The summed E-state index contributed by atoms with van der Waals surface area (Å²) in [4.78, 5) is 7.93. The second-order valence-electron chi connectivity index (χ2n) is 5.32. The molecule has 3 aromatic heterocycles. The molecule has 0 aliphatic heterocycles. The van der Waals surface area contributed by atoms with Gasteiger partial charge in [0.2, 0.25) is 0 Å². The van der Waals surface area contributed by atoms with Crippen molar-refractivity contribution in [1.29, 1.82) is 0 Å². The lowest BCUT2D eigenvalue weighted by molar-refractivity contribution is 0.614. The summed E-state index contributed by atoms with van der Waals surface area (Å²) in [5.74, 6) is 0. The zero-order valence-electron chi connectivity index (χ0n) is 12.7. The summed E-state index contributed by atoms with van der Waals surface area (Å²) in [6.45, 7) is 6.31. The van der Waals surface area contributed by atoms with Gasteiger partial charge in [0, 0.05) is 18.1 Å². The van der Waals surface area contributed by atoms with E-state index in [1.807, 2.05) is 18.7 Å². The molecule has 0 aromatic carbocycles. The first kappa shape index (κ1) is 14.5. The van der Waals surface area contributed by atoms with Crippen LogP contribution in [0.5, 0.6) is 0 Å². The summed E-state index contributed by atoms with van der Waals surface area (Å²) in [6, 6.07) is 0.106. The molecule has 0 amide bonds. The Labute approximate surface area is 132 Å². The highest BCUT2D eigenvalue weighted by Crippen LogP contribution is 2.28. The summed E-state index contributed by atoms with van der Waals surface area (Å²) >= 11 is 7.21. The smallest absolute Gasteiger partial charge is 0.179 e. The number of nitrogens with zero attached hydrogens (tertiary/aromatic N) is 4. The van der Waals surface area contributed by atoms with Crippen LogP contribution in [0.25, 0.3) is 11.2 Å². The first-order valence-corrected chi connectivity index (χ1v) is 8.39. The molecule has 3 rings (SSSR count). The molecule has 0 saturated heterocycles. The molecular formula is C14H19N5S2. The Morgan fingerprint density at radius 3 is 2.86 bits per heavy atom. The van der Waals surface area contributed by atoms with E-state index in [1.165, 1.54) is 0 Å². The highest BCUT2D eigenvalue weighted by Gasteiger charge is 2.20. The van der Waals surface area contributed by atoms with E-state index in [1.54, 1.807) is 11.3 Å². The Morgan fingerprint density at radius 1 is 1.48 bits per heavy atom. The Bertz CT molecular complexity index is 835. The van der Waals surface area contributed by atoms with Gasteiger partial charge in [-0.2, -0.15) is 5.10 Å². The van der Waals surface area contributed by atoms with Crippen molar-refractivity contribution in [2.75, 3.05) is 0 Å². The topological polar surface area (TPSA) is 51.4 Å². The van der Waals surface area contributed by atoms with Crippen LogP contribution in [0.2, 0.25) is 0 Å². The first-order chi connectivity index (χ1) is 10.0. The number of aryl methyl sites for hydroxylation is 3. The van der Waals surface area contributed by atoms with Crippen molar-refractivity contribution < 1.29 is 0 Å². The van der Waals surface area contributed by atoms with Gasteiger partial charge in [-0.05, 0) is 32.5 Å². The maximum absolute atomic E-state index is 5.54. The lowest BCUT2D eigenvalue weighted by Gasteiger charge is -2.11. The predicted molar refractivity (Wildman–Crippen MR) is 88.5 cm³/mol. The van der Waals surface area contributed by atoms with E-state index >= 15 is 0 Å². The third kappa shape index (κ3) is 2.34. The number of fused-ring (bicyclic) bond motifs is 1. The molecule has 1 unspecified atom stereocenters. The molecule has 0 saturated carbocycles. The normalized spacial score (nSPS) is 13.1. The third-order valence-corrected chi connectivity index (χ3v) is 5.07. The van der Waals surface area contributed by atoms with Crippen molar-refractivity contribution in [3.05, 3.63) is 26.5 Å². The molecule has 1 atom stereocenters. The predicted octanol–water partition coefficient (Wildman–Crippen LogP) is 3.76. The molecule has 0 aliphatic rings. The number of aromatic nitrogens is 5. The lowest BCUT2D eigenvalue weighted by atomic mass is 10.2. The zero-order chi connectivity index (χ0) is 15.1. The summed E-state index contributed by atoms with van der Waals surface area (Å²) in [6.07, 6.45) is 2.02. The van der Waals surface area contributed by atoms with Crippen LogP contribution in [-0.2, 0) is 13.5 Å². The minimum Gasteiger partial charge on any atom is -0.328 e. The van der Waals surface area contributed by atoms with E-state index in [0.29, 0.717) is 0 Å². The van der Waals surface area contributed by atoms with Crippen molar-refractivity contribution >= 4 is 34.7 Å². The quantitative estimate of drug-likeness (QED) is 0.744. The van der Waals surface area contributed by atoms with Crippen molar-refractivity contribution in [2.45, 2.75) is 39.7 Å². The van der Waals surface area contributed by atoms with Crippen LogP contribution >= 0.6 is 23.6 Å². The fourth-order valence-corrected chi connectivity index (χ4v) is 3.87. The monoisotopic (exact) mass is 321 g/mol. The number of nitrogens with one attached hydrogen (secondary N) is 1.